The van der Waals surface area contributed by atoms with E-state index in [4.69, 9.17) is 26.1 Å². The second kappa shape index (κ2) is 11.3. The lowest BCUT2D eigenvalue weighted by Gasteiger charge is -2.27. The molecule has 3 heterocycles. The van der Waals surface area contributed by atoms with Gasteiger partial charge < -0.3 is 19.3 Å². The van der Waals surface area contributed by atoms with E-state index in [-0.39, 0.29) is 0 Å². The van der Waals surface area contributed by atoms with Crippen molar-refractivity contribution in [1.82, 2.24) is 15.0 Å². The van der Waals surface area contributed by atoms with Gasteiger partial charge in [-0.15, -0.1) is 0 Å². The Morgan fingerprint density at radius 2 is 1.69 bits per heavy atom. The average molecular weight is 494 g/mol. The summed E-state index contributed by atoms with van der Waals surface area (Å²) < 4.78 is 11.4. The predicted molar refractivity (Wildman–Crippen MR) is 138 cm³/mol. The standard InChI is InChI=1S/C25H28ClN7O2/c26-22-9-2-1-7-20(22)18-35-21-8-5-6-19(16-21)17-27-31-23-28-24(32-10-3-4-11-32)30-25(29-23)33-12-14-34-15-13-33/h1-2,5-9,16-17H,3-4,10-15,18H2,(H,28,29,30,31)/b27-17-. The monoisotopic (exact) mass is 493 g/mol. The van der Waals surface area contributed by atoms with Gasteiger partial charge in [0.15, 0.2) is 0 Å². The van der Waals surface area contributed by atoms with Crippen LogP contribution in [0.4, 0.5) is 17.8 Å². The lowest BCUT2D eigenvalue weighted by atomic mass is 10.2. The maximum absolute atomic E-state index is 6.22. The van der Waals surface area contributed by atoms with E-state index in [0.29, 0.717) is 42.7 Å². The first kappa shape index (κ1) is 23.3. The van der Waals surface area contributed by atoms with Crippen LogP contribution in [-0.2, 0) is 11.3 Å². The molecule has 2 aliphatic rings. The molecule has 5 rings (SSSR count). The smallest absolute Gasteiger partial charge is 0.250 e. The molecule has 3 aromatic rings. The van der Waals surface area contributed by atoms with Crippen LogP contribution in [0.1, 0.15) is 24.0 Å². The molecule has 0 radical (unpaired) electrons. The summed E-state index contributed by atoms with van der Waals surface area (Å²) in [5.74, 6) is 2.50. The fraction of sp³-hybridized carbons (Fsp3) is 0.360. The van der Waals surface area contributed by atoms with Gasteiger partial charge in [0.05, 0.1) is 19.4 Å². The number of halogens is 1. The van der Waals surface area contributed by atoms with Crippen LogP contribution in [0.25, 0.3) is 0 Å². The van der Waals surface area contributed by atoms with Crippen LogP contribution in [0.3, 0.4) is 0 Å². The maximum Gasteiger partial charge on any atom is 0.250 e. The first-order chi connectivity index (χ1) is 17.2. The first-order valence-electron chi connectivity index (χ1n) is 11.8. The number of hydrazone groups is 1. The molecule has 0 bridgehead atoms. The lowest BCUT2D eigenvalue weighted by molar-refractivity contribution is 0.122. The van der Waals surface area contributed by atoms with Crippen LogP contribution >= 0.6 is 11.6 Å². The van der Waals surface area contributed by atoms with Crippen molar-refractivity contribution in [2.24, 2.45) is 5.10 Å². The summed E-state index contributed by atoms with van der Waals surface area (Å²) in [4.78, 5) is 18.3. The Bertz CT molecular complexity index is 1160. The molecule has 35 heavy (non-hydrogen) atoms. The second-order valence-corrected chi connectivity index (χ2v) is 8.78. The van der Waals surface area contributed by atoms with Crippen LogP contribution in [0.5, 0.6) is 5.75 Å². The third-order valence-corrected chi connectivity index (χ3v) is 6.25. The van der Waals surface area contributed by atoms with Crippen LogP contribution in [0.2, 0.25) is 5.02 Å². The number of nitrogens with one attached hydrogen (secondary N) is 1. The van der Waals surface area contributed by atoms with Crippen molar-refractivity contribution in [1.29, 1.82) is 0 Å². The summed E-state index contributed by atoms with van der Waals surface area (Å²) in [7, 11) is 0. The fourth-order valence-electron chi connectivity index (χ4n) is 3.99. The van der Waals surface area contributed by atoms with Crippen LogP contribution in [0.15, 0.2) is 53.6 Å². The molecule has 2 aliphatic heterocycles. The zero-order chi connectivity index (χ0) is 23.9. The van der Waals surface area contributed by atoms with Gasteiger partial charge in [-0.2, -0.15) is 20.1 Å². The van der Waals surface area contributed by atoms with Crippen molar-refractivity contribution in [2.75, 3.05) is 54.6 Å². The number of ether oxygens (including phenoxy) is 2. The van der Waals surface area contributed by atoms with Gasteiger partial charge in [-0.3, -0.25) is 0 Å². The van der Waals surface area contributed by atoms with Crippen molar-refractivity contribution < 1.29 is 9.47 Å². The van der Waals surface area contributed by atoms with Crippen LogP contribution in [-0.4, -0.2) is 60.6 Å². The predicted octanol–water partition coefficient (Wildman–Crippen LogP) is 3.99. The molecule has 2 aromatic carbocycles. The van der Waals surface area contributed by atoms with Crippen molar-refractivity contribution in [3.63, 3.8) is 0 Å². The van der Waals surface area contributed by atoms with Gasteiger partial charge in [-0.25, -0.2) is 5.43 Å². The quantitative estimate of drug-likeness (QED) is 0.372. The van der Waals surface area contributed by atoms with E-state index < -0.39 is 0 Å². The van der Waals surface area contributed by atoms with Crippen molar-refractivity contribution in [3.05, 3.63) is 64.7 Å². The summed E-state index contributed by atoms with van der Waals surface area (Å²) in [5.41, 5.74) is 4.81. The molecule has 1 N–H and O–H groups in total. The summed E-state index contributed by atoms with van der Waals surface area (Å²) >= 11 is 6.22. The number of anilines is 3. The molecule has 182 valence electrons. The van der Waals surface area contributed by atoms with E-state index in [9.17, 15) is 0 Å². The molecule has 0 saturated carbocycles. The minimum absolute atomic E-state index is 0.396. The van der Waals surface area contributed by atoms with E-state index >= 15 is 0 Å². The topological polar surface area (TPSA) is 88.0 Å². The highest BCUT2D eigenvalue weighted by atomic mass is 35.5. The molecule has 0 spiro atoms. The number of hydrogen-bond acceptors (Lipinski definition) is 9. The van der Waals surface area contributed by atoms with E-state index in [2.05, 4.69) is 30.3 Å². The Labute approximate surface area is 209 Å². The second-order valence-electron chi connectivity index (χ2n) is 8.38. The van der Waals surface area contributed by atoms with Gasteiger partial charge in [0.2, 0.25) is 17.8 Å². The van der Waals surface area contributed by atoms with E-state index in [1.54, 1.807) is 6.21 Å². The van der Waals surface area contributed by atoms with E-state index in [0.717, 1.165) is 55.9 Å². The number of morpholine rings is 1. The minimum atomic E-state index is 0.396. The largest absolute Gasteiger partial charge is 0.489 e. The normalized spacial score (nSPS) is 16.1. The molecule has 2 fully saturated rings. The molecule has 1 aromatic heterocycles. The Morgan fingerprint density at radius 3 is 2.46 bits per heavy atom. The highest BCUT2D eigenvalue weighted by Crippen LogP contribution is 2.22. The summed E-state index contributed by atoms with van der Waals surface area (Å²) in [6.45, 7) is 5.15. The molecule has 9 nitrogen and oxygen atoms in total. The number of benzene rings is 2. The molecule has 0 aliphatic carbocycles. The minimum Gasteiger partial charge on any atom is -0.489 e. The number of aromatic nitrogens is 3. The van der Waals surface area contributed by atoms with E-state index in [1.807, 2.05) is 48.5 Å². The molecule has 0 amide bonds. The van der Waals surface area contributed by atoms with Gasteiger partial charge >= 0.3 is 0 Å². The number of rotatable bonds is 8. The Hall–Kier alpha value is -3.43. The summed E-state index contributed by atoms with van der Waals surface area (Å²) in [6, 6.07) is 15.4. The SMILES string of the molecule is Clc1ccccc1COc1cccc(/C=N\Nc2nc(N3CCCC3)nc(N3CCOCC3)n2)c1. The van der Waals surface area contributed by atoms with Crippen molar-refractivity contribution >= 4 is 35.7 Å². The third-order valence-electron chi connectivity index (χ3n) is 5.88. The van der Waals surface area contributed by atoms with Gasteiger partial charge in [0.25, 0.3) is 0 Å². The molecule has 10 heteroatoms. The third kappa shape index (κ3) is 6.17. The number of hydrogen-bond donors (Lipinski definition) is 1. The molecule has 0 unspecified atom stereocenters. The molecular formula is C25H28ClN7O2. The van der Waals surface area contributed by atoms with Gasteiger partial charge in [-0.05, 0) is 36.6 Å². The Kier molecular flexibility index (Phi) is 7.55. The molecular weight excluding hydrogens is 466 g/mol. The van der Waals surface area contributed by atoms with Gasteiger partial charge in [0, 0.05) is 36.8 Å². The summed E-state index contributed by atoms with van der Waals surface area (Å²) in [5, 5.41) is 5.06. The van der Waals surface area contributed by atoms with Gasteiger partial charge in [0.1, 0.15) is 12.4 Å². The van der Waals surface area contributed by atoms with Crippen LogP contribution < -0.4 is 20.0 Å². The van der Waals surface area contributed by atoms with Gasteiger partial charge in [-0.1, -0.05) is 41.9 Å². The van der Waals surface area contributed by atoms with Crippen molar-refractivity contribution in [3.8, 4) is 5.75 Å². The summed E-state index contributed by atoms with van der Waals surface area (Å²) in [6.07, 6.45) is 4.01. The Balaban J connectivity index is 1.27. The van der Waals surface area contributed by atoms with Crippen LogP contribution in [0, 0.1) is 0 Å². The highest BCUT2D eigenvalue weighted by molar-refractivity contribution is 6.31. The first-order valence-corrected chi connectivity index (χ1v) is 12.2. The Morgan fingerprint density at radius 1 is 0.943 bits per heavy atom. The zero-order valence-electron chi connectivity index (χ0n) is 19.4. The van der Waals surface area contributed by atoms with Crippen molar-refractivity contribution in [2.45, 2.75) is 19.4 Å². The fourth-order valence-corrected chi connectivity index (χ4v) is 4.18. The lowest BCUT2D eigenvalue weighted by Crippen LogP contribution is -2.38. The number of nitrogens with zero attached hydrogens (tertiary/aromatic N) is 6. The maximum atomic E-state index is 6.22. The van der Waals surface area contributed by atoms with E-state index in [1.165, 1.54) is 0 Å². The molecule has 0 atom stereocenters. The zero-order valence-corrected chi connectivity index (χ0v) is 20.2. The molecule has 2 saturated heterocycles. The highest BCUT2D eigenvalue weighted by Gasteiger charge is 2.21. The average Bonchev–Trinajstić information content (AvgIpc) is 3.44.